The quantitative estimate of drug-likeness (QED) is 0.747. The van der Waals surface area contributed by atoms with Gasteiger partial charge in [0.2, 0.25) is 0 Å². The molecular formula is C17H30N2O. The molecule has 1 aromatic carbocycles. The SMILES string of the molecule is CCCNC(C)c1ccccc1N(C)CCOC(C)C. The van der Waals surface area contributed by atoms with Gasteiger partial charge in [-0.1, -0.05) is 25.1 Å². The van der Waals surface area contributed by atoms with Crippen LogP contribution >= 0.6 is 0 Å². The van der Waals surface area contributed by atoms with E-state index in [4.69, 9.17) is 4.74 Å². The Hall–Kier alpha value is -1.06. The molecule has 0 fully saturated rings. The predicted molar refractivity (Wildman–Crippen MR) is 87.5 cm³/mol. The minimum absolute atomic E-state index is 0.295. The summed E-state index contributed by atoms with van der Waals surface area (Å²) >= 11 is 0. The van der Waals surface area contributed by atoms with Gasteiger partial charge in [0.05, 0.1) is 12.7 Å². The van der Waals surface area contributed by atoms with E-state index in [-0.39, 0.29) is 0 Å². The van der Waals surface area contributed by atoms with Crippen LogP contribution in [0.4, 0.5) is 5.69 Å². The van der Waals surface area contributed by atoms with Gasteiger partial charge in [-0.15, -0.1) is 0 Å². The Morgan fingerprint density at radius 1 is 1.20 bits per heavy atom. The van der Waals surface area contributed by atoms with Crippen LogP contribution in [0.3, 0.4) is 0 Å². The third-order valence-electron chi connectivity index (χ3n) is 3.39. The van der Waals surface area contributed by atoms with Crippen LogP contribution in [-0.4, -0.2) is 32.8 Å². The van der Waals surface area contributed by atoms with Crippen molar-refractivity contribution in [1.29, 1.82) is 0 Å². The van der Waals surface area contributed by atoms with Gasteiger partial charge >= 0.3 is 0 Å². The van der Waals surface area contributed by atoms with Crippen LogP contribution in [0.15, 0.2) is 24.3 Å². The fourth-order valence-electron chi connectivity index (χ4n) is 2.22. The second kappa shape index (κ2) is 8.98. The number of hydrogen-bond acceptors (Lipinski definition) is 3. The maximum absolute atomic E-state index is 5.64. The molecule has 0 aliphatic heterocycles. The summed E-state index contributed by atoms with van der Waals surface area (Å²) in [6.07, 6.45) is 1.45. The lowest BCUT2D eigenvalue weighted by Crippen LogP contribution is -2.27. The number of anilines is 1. The van der Waals surface area contributed by atoms with E-state index in [0.717, 1.165) is 26.1 Å². The van der Waals surface area contributed by atoms with Crippen molar-refractivity contribution in [2.75, 3.05) is 31.6 Å². The van der Waals surface area contributed by atoms with Crippen LogP contribution in [-0.2, 0) is 4.74 Å². The summed E-state index contributed by atoms with van der Waals surface area (Å²) in [5.41, 5.74) is 2.64. The lowest BCUT2D eigenvalue weighted by atomic mass is 10.1. The average molecular weight is 278 g/mol. The van der Waals surface area contributed by atoms with Crippen LogP contribution in [0.5, 0.6) is 0 Å². The monoisotopic (exact) mass is 278 g/mol. The second-order valence-corrected chi connectivity index (χ2v) is 5.58. The first kappa shape index (κ1) is 17.0. The minimum atomic E-state index is 0.295. The first-order valence-corrected chi connectivity index (χ1v) is 7.71. The molecule has 3 heteroatoms. The van der Waals surface area contributed by atoms with E-state index in [9.17, 15) is 0 Å². The van der Waals surface area contributed by atoms with Crippen molar-refractivity contribution in [3.8, 4) is 0 Å². The molecule has 0 bridgehead atoms. The van der Waals surface area contributed by atoms with Gasteiger partial charge in [-0.25, -0.2) is 0 Å². The number of hydrogen-bond donors (Lipinski definition) is 1. The number of nitrogens with one attached hydrogen (secondary N) is 1. The average Bonchev–Trinajstić information content (AvgIpc) is 2.44. The zero-order chi connectivity index (χ0) is 15.0. The molecular weight excluding hydrogens is 248 g/mol. The molecule has 1 atom stereocenters. The maximum Gasteiger partial charge on any atom is 0.0644 e. The van der Waals surface area contributed by atoms with Gasteiger partial charge in [0.15, 0.2) is 0 Å². The number of ether oxygens (including phenoxy) is 1. The summed E-state index contributed by atoms with van der Waals surface area (Å²) in [5.74, 6) is 0. The summed E-state index contributed by atoms with van der Waals surface area (Å²) < 4.78 is 5.64. The second-order valence-electron chi connectivity index (χ2n) is 5.58. The van der Waals surface area contributed by atoms with Gasteiger partial charge in [-0.2, -0.15) is 0 Å². The van der Waals surface area contributed by atoms with E-state index in [1.807, 2.05) is 0 Å². The van der Waals surface area contributed by atoms with Gasteiger partial charge in [0.1, 0.15) is 0 Å². The fraction of sp³-hybridized carbons (Fsp3) is 0.647. The summed E-state index contributed by atoms with van der Waals surface area (Å²) in [4.78, 5) is 2.28. The lowest BCUT2D eigenvalue weighted by Gasteiger charge is -2.26. The van der Waals surface area contributed by atoms with Gasteiger partial charge in [-0.05, 0) is 45.4 Å². The van der Waals surface area contributed by atoms with E-state index >= 15 is 0 Å². The third kappa shape index (κ3) is 5.51. The van der Waals surface area contributed by atoms with Crippen molar-refractivity contribution in [3.63, 3.8) is 0 Å². The molecule has 0 saturated carbocycles. The van der Waals surface area contributed by atoms with Gasteiger partial charge in [0.25, 0.3) is 0 Å². The van der Waals surface area contributed by atoms with Crippen LogP contribution in [0.2, 0.25) is 0 Å². The van der Waals surface area contributed by atoms with Gasteiger partial charge in [0, 0.05) is 25.3 Å². The van der Waals surface area contributed by atoms with Gasteiger partial charge in [-0.3, -0.25) is 0 Å². The van der Waals surface area contributed by atoms with Crippen molar-refractivity contribution < 1.29 is 4.74 Å². The third-order valence-corrected chi connectivity index (χ3v) is 3.39. The van der Waals surface area contributed by atoms with E-state index in [2.05, 4.69) is 69.2 Å². The maximum atomic E-state index is 5.64. The van der Waals surface area contributed by atoms with E-state index < -0.39 is 0 Å². The highest BCUT2D eigenvalue weighted by molar-refractivity contribution is 5.54. The highest BCUT2D eigenvalue weighted by Crippen LogP contribution is 2.25. The molecule has 0 spiro atoms. The van der Waals surface area contributed by atoms with E-state index in [1.165, 1.54) is 11.3 Å². The molecule has 0 saturated heterocycles. The summed E-state index contributed by atoms with van der Waals surface area (Å²) in [6, 6.07) is 8.99. The number of benzene rings is 1. The van der Waals surface area contributed by atoms with Crippen molar-refractivity contribution in [2.24, 2.45) is 0 Å². The zero-order valence-corrected chi connectivity index (χ0v) is 13.6. The van der Waals surface area contributed by atoms with Gasteiger partial charge < -0.3 is 15.0 Å². The molecule has 0 aliphatic carbocycles. The number of likely N-dealkylation sites (N-methyl/N-ethyl adjacent to an activating group) is 1. The zero-order valence-electron chi connectivity index (χ0n) is 13.6. The number of rotatable bonds is 9. The van der Waals surface area contributed by atoms with Crippen molar-refractivity contribution in [3.05, 3.63) is 29.8 Å². The Morgan fingerprint density at radius 2 is 1.90 bits per heavy atom. The van der Waals surface area contributed by atoms with E-state index in [1.54, 1.807) is 0 Å². The van der Waals surface area contributed by atoms with Crippen molar-refractivity contribution in [1.82, 2.24) is 5.32 Å². The molecule has 1 unspecified atom stereocenters. The number of para-hydroxylation sites is 1. The minimum Gasteiger partial charge on any atom is -0.377 e. The molecule has 114 valence electrons. The molecule has 0 aliphatic rings. The van der Waals surface area contributed by atoms with Crippen LogP contribution in [0.25, 0.3) is 0 Å². The molecule has 1 N–H and O–H groups in total. The molecule has 0 heterocycles. The molecule has 20 heavy (non-hydrogen) atoms. The molecule has 1 rings (SSSR count). The topological polar surface area (TPSA) is 24.5 Å². The number of nitrogens with zero attached hydrogens (tertiary/aromatic N) is 1. The molecule has 0 radical (unpaired) electrons. The predicted octanol–water partition coefficient (Wildman–Crippen LogP) is 3.61. The van der Waals surface area contributed by atoms with Crippen molar-refractivity contribution >= 4 is 5.69 Å². The first-order chi connectivity index (χ1) is 9.56. The molecule has 1 aromatic rings. The highest BCUT2D eigenvalue weighted by Gasteiger charge is 2.12. The van der Waals surface area contributed by atoms with Crippen molar-refractivity contribution in [2.45, 2.75) is 46.3 Å². The fourth-order valence-corrected chi connectivity index (χ4v) is 2.22. The summed E-state index contributed by atoms with van der Waals surface area (Å²) in [7, 11) is 2.13. The molecule has 3 nitrogen and oxygen atoms in total. The lowest BCUT2D eigenvalue weighted by molar-refractivity contribution is 0.0846. The van der Waals surface area contributed by atoms with Crippen LogP contribution in [0.1, 0.15) is 45.7 Å². The summed E-state index contributed by atoms with van der Waals surface area (Å²) in [6.45, 7) is 11.3. The standard InChI is InChI=1S/C17H30N2O/c1-6-11-18-15(4)16-9-7-8-10-17(16)19(5)12-13-20-14(2)3/h7-10,14-15,18H,6,11-13H2,1-5H3. The first-order valence-electron chi connectivity index (χ1n) is 7.71. The Bertz CT molecular complexity index is 379. The smallest absolute Gasteiger partial charge is 0.0644 e. The van der Waals surface area contributed by atoms with Crippen LogP contribution < -0.4 is 10.2 Å². The van der Waals surface area contributed by atoms with E-state index in [0.29, 0.717) is 12.1 Å². The largest absolute Gasteiger partial charge is 0.377 e. The Balaban J connectivity index is 2.68. The highest BCUT2D eigenvalue weighted by atomic mass is 16.5. The Labute approximate surface area is 124 Å². The summed E-state index contributed by atoms with van der Waals surface area (Å²) in [5, 5.41) is 3.56. The Morgan fingerprint density at radius 3 is 2.55 bits per heavy atom. The normalized spacial score (nSPS) is 12.7. The Kier molecular flexibility index (Phi) is 7.63. The molecule has 0 amide bonds. The molecule has 0 aromatic heterocycles. The van der Waals surface area contributed by atoms with Crippen LogP contribution in [0, 0.1) is 0 Å².